The molecule has 0 N–H and O–H groups in total. The van der Waals surface area contributed by atoms with Crippen molar-refractivity contribution in [1.82, 2.24) is 4.90 Å². The van der Waals surface area contributed by atoms with Gasteiger partial charge >= 0.3 is 0 Å². The molecule has 6 rings (SSSR count). The molecule has 0 bridgehead atoms. The van der Waals surface area contributed by atoms with Gasteiger partial charge in [-0.05, 0) is 55.9 Å². The third-order valence-electron chi connectivity index (χ3n) is 9.51. The lowest BCUT2D eigenvalue weighted by atomic mass is 9.65. The second kappa shape index (κ2) is 10.0. The Morgan fingerprint density at radius 3 is 1.98 bits per heavy atom. The van der Waals surface area contributed by atoms with Crippen molar-refractivity contribution in [3.8, 4) is 0 Å². The Balaban J connectivity index is 1.46. The van der Waals surface area contributed by atoms with E-state index in [0.717, 1.165) is 42.5 Å². The molecule has 0 unspecified atom stereocenters. The Labute approximate surface area is 237 Å². The largest absolute Gasteiger partial charge is 0.305 e. The number of carbonyl (C=O) groups is 3. The summed E-state index contributed by atoms with van der Waals surface area (Å²) in [5.74, 6) is -1.11. The molecule has 5 nitrogen and oxygen atoms in total. The van der Waals surface area contributed by atoms with Crippen LogP contribution in [0.2, 0.25) is 0 Å². The van der Waals surface area contributed by atoms with E-state index in [1.165, 1.54) is 10.5 Å². The van der Waals surface area contributed by atoms with Crippen LogP contribution in [0.25, 0.3) is 0 Å². The molecule has 2 aliphatic heterocycles. The zero-order valence-corrected chi connectivity index (χ0v) is 23.7. The van der Waals surface area contributed by atoms with Crippen LogP contribution in [0.1, 0.15) is 69.6 Å². The van der Waals surface area contributed by atoms with Crippen molar-refractivity contribution >= 4 is 23.4 Å². The number of amides is 3. The van der Waals surface area contributed by atoms with Gasteiger partial charge in [-0.25, -0.2) is 0 Å². The fraction of sp³-hybridized carbons (Fsp3) is 0.400. The van der Waals surface area contributed by atoms with Gasteiger partial charge in [0.1, 0.15) is 6.04 Å². The van der Waals surface area contributed by atoms with Gasteiger partial charge in [0, 0.05) is 23.1 Å². The second-order valence-corrected chi connectivity index (χ2v) is 12.6. The van der Waals surface area contributed by atoms with Crippen LogP contribution in [0.4, 0.5) is 5.69 Å². The normalized spacial score (nSPS) is 26.3. The number of benzene rings is 3. The van der Waals surface area contributed by atoms with E-state index >= 15 is 0 Å². The van der Waals surface area contributed by atoms with Gasteiger partial charge in [0.05, 0.1) is 11.8 Å². The maximum atomic E-state index is 14.9. The molecule has 5 heteroatoms. The predicted octanol–water partition coefficient (Wildman–Crippen LogP) is 6.29. The van der Waals surface area contributed by atoms with Crippen LogP contribution >= 0.6 is 0 Å². The smallest absolute Gasteiger partial charge is 0.251 e. The van der Waals surface area contributed by atoms with Crippen LogP contribution in [-0.2, 0) is 26.2 Å². The van der Waals surface area contributed by atoms with Crippen molar-refractivity contribution < 1.29 is 14.4 Å². The van der Waals surface area contributed by atoms with Crippen molar-refractivity contribution in [3.05, 3.63) is 102 Å². The molecular formula is C35H38N2O3. The lowest BCUT2D eigenvalue weighted by Gasteiger charge is -2.52. The molecule has 206 valence electrons. The molecule has 0 spiro atoms. The Morgan fingerprint density at radius 2 is 1.35 bits per heavy atom. The maximum absolute atomic E-state index is 14.9. The van der Waals surface area contributed by atoms with E-state index in [2.05, 4.69) is 51.1 Å². The lowest BCUT2D eigenvalue weighted by molar-refractivity contribution is -0.147. The van der Waals surface area contributed by atoms with Gasteiger partial charge in [-0.1, -0.05) is 98.6 Å². The quantitative estimate of drug-likeness (QED) is 0.361. The number of anilines is 1. The third-order valence-corrected chi connectivity index (χ3v) is 9.51. The average Bonchev–Trinajstić information content (AvgIpc) is 3.21. The molecule has 2 fully saturated rings. The van der Waals surface area contributed by atoms with Crippen LogP contribution in [0.5, 0.6) is 0 Å². The standard InChI is InChI=1S/C35H38N2O3/c1-34(2)23-35(3,25-16-8-5-9-17-25)28-20-12-13-21-29(28)37(34)33(40)30(22-24-14-6-4-7-15-24)36-31(38)26-18-10-11-19-27(26)32(36)39/h4-9,12-17,20-21,26-27,30H,10-11,18-19,22-23H2,1-3H3/t26-,27+,30-,35-/m1/s1. The minimum Gasteiger partial charge on any atom is -0.305 e. The molecule has 3 aliphatic rings. The zero-order chi connectivity index (χ0) is 28.1. The number of nitrogens with zero attached hydrogens (tertiary/aromatic N) is 2. The average molecular weight is 535 g/mol. The summed E-state index contributed by atoms with van der Waals surface area (Å²) >= 11 is 0. The number of imide groups is 1. The van der Waals surface area contributed by atoms with E-state index in [1.54, 1.807) is 0 Å². The molecule has 0 radical (unpaired) electrons. The first-order valence-electron chi connectivity index (χ1n) is 14.6. The number of carbonyl (C=O) groups excluding carboxylic acids is 3. The Bertz CT molecular complexity index is 1410. The summed E-state index contributed by atoms with van der Waals surface area (Å²) in [5.41, 5.74) is 3.21. The third kappa shape index (κ3) is 4.27. The highest BCUT2D eigenvalue weighted by Gasteiger charge is 2.55. The van der Waals surface area contributed by atoms with Crippen LogP contribution < -0.4 is 4.90 Å². The molecule has 3 amide bonds. The van der Waals surface area contributed by atoms with Gasteiger partial charge in [-0.15, -0.1) is 0 Å². The molecule has 3 aromatic rings. The summed E-state index contributed by atoms with van der Waals surface area (Å²) < 4.78 is 0. The van der Waals surface area contributed by atoms with Crippen molar-refractivity contribution in [2.24, 2.45) is 11.8 Å². The highest BCUT2D eigenvalue weighted by molar-refractivity contribution is 6.11. The topological polar surface area (TPSA) is 57.7 Å². The van der Waals surface area contributed by atoms with Crippen LogP contribution in [0, 0.1) is 11.8 Å². The molecule has 1 saturated carbocycles. The summed E-state index contributed by atoms with van der Waals surface area (Å²) in [6.07, 6.45) is 4.38. The van der Waals surface area contributed by atoms with Gasteiger partial charge in [-0.3, -0.25) is 19.3 Å². The van der Waals surface area contributed by atoms with Crippen molar-refractivity contribution in [1.29, 1.82) is 0 Å². The molecule has 4 atom stereocenters. The Morgan fingerprint density at radius 1 is 0.800 bits per heavy atom. The van der Waals surface area contributed by atoms with E-state index in [9.17, 15) is 14.4 Å². The maximum Gasteiger partial charge on any atom is 0.251 e. The monoisotopic (exact) mass is 534 g/mol. The summed E-state index contributed by atoms with van der Waals surface area (Å²) in [7, 11) is 0. The number of para-hydroxylation sites is 1. The van der Waals surface area contributed by atoms with Crippen LogP contribution in [-0.4, -0.2) is 34.2 Å². The molecule has 40 heavy (non-hydrogen) atoms. The van der Waals surface area contributed by atoms with E-state index in [0.29, 0.717) is 12.8 Å². The SMILES string of the molecule is CC1(C)C[C@](C)(c2ccccc2)c2ccccc2N1C(=O)[C@@H](Cc1ccccc1)N1C(=O)[C@H]2CCCC[C@H]2C1=O. The van der Waals surface area contributed by atoms with Crippen molar-refractivity contribution in [2.45, 2.75) is 76.3 Å². The predicted molar refractivity (Wildman–Crippen MR) is 157 cm³/mol. The Kier molecular flexibility index (Phi) is 6.64. The van der Waals surface area contributed by atoms with Gasteiger partial charge in [-0.2, -0.15) is 0 Å². The molecule has 0 aromatic heterocycles. The first kappa shape index (κ1) is 26.5. The minimum atomic E-state index is -0.888. The van der Waals surface area contributed by atoms with E-state index in [4.69, 9.17) is 0 Å². The number of fused-ring (bicyclic) bond motifs is 2. The molecule has 2 heterocycles. The number of hydrogen-bond acceptors (Lipinski definition) is 3. The van der Waals surface area contributed by atoms with Crippen molar-refractivity contribution in [2.75, 3.05) is 4.90 Å². The minimum absolute atomic E-state index is 0.166. The number of hydrogen-bond donors (Lipinski definition) is 0. The fourth-order valence-corrected chi connectivity index (χ4v) is 7.75. The summed E-state index contributed by atoms with van der Waals surface area (Å²) in [6.45, 7) is 6.47. The van der Waals surface area contributed by atoms with E-state index in [1.807, 2.05) is 59.5 Å². The highest BCUT2D eigenvalue weighted by atomic mass is 16.2. The Hall–Kier alpha value is -3.73. The zero-order valence-electron chi connectivity index (χ0n) is 23.7. The van der Waals surface area contributed by atoms with E-state index in [-0.39, 0.29) is 35.0 Å². The molecule has 1 saturated heterocycles. The van der Waals surface area contributed by atoms with Gasteiger partial charge < -0.3 is 4.90 Å². The molecule has 3 aromatic carbocycles. The summed E-state index contributed by atoms with van der Waals surface area (Å²) in [4.78, 5) is 45.7. The highest BCUT2D eigenvalue weighted by Crippen LogP contribution is 2.51. The van der Waals surface area contributed by atoms with Crippen LogP contribution in [0.3, 0.4) is 0 Å². The van der Waals surface area contributed by atoms with E-state index < -0.39 is 11.6 Å². The fourth-order valence-electron chi connectivity index (χ4n) is 7.75. The summed E-state index contributed by atoms with van der Waals surface area (Å²) in [5, 5.41) is 0. The first-order chi connectivity index (χ1) is 19.2. The van der Waals surface area contributed by atoms with Crippen LogP contribution in [0.15, 0.2) is 84.9 Å². The second-order valence-electron chi connectivity index (χ2n) is 12.6. The number of rotatable bonds is 5. The number of likely N-dealkylation sites (tertiary alicyclic amines) is 1. The summed E-state index contributed by atoms with van der Waals surface area (Å²) in [6, 6.07) is 27.5. The van der Waals surface area contributed by atoms with Gasteiger partial charge in [0.15, 0.2) is 0 Å². The lowest BCUT2D eigenvalue weighted by Crippen LogP contribution is -2.61. The van der Waals surface area contributed by atoms with Crippen molar-refractivity contribution in [3.63, 3.8) is 0 Å². The molecule has 1 aliphatic carbocycles. The van der Waals surface area contributed by atoms with Gasteiger partial charge in [0.2, 0.25) is 11.8 Å². The first-order valence-corrected chi connectivity index (χ1v) is 14.6. The van der Waals surface area contributed by atoms with Gasteiger partial charge in [0.25, 0.3) is 5.91 Å². The molecular weight excluding hydrogens is 496 g/mol.